The minimum absolute atomic E-state index is 0.0350. The van der Waals surface area contributed by atoms with Crippen molar-refractivity contribution < 1.29 is 19.7 Å². The van der Waals surface area contributed by atoms with Crippen LogP contribution >= 0.6 is 0 Å². The Morgan fingerprint density at radius 3 is 2.22 bits per heavy atom. The summed E-state index contributed by atoms with van der Waals surface area (Å²) in [5.41, 5.74) is -0.282. The number of nitro groups is 2. The maximum Gasteiger partial charge on any atom is 0.277 e. The van der Waals surface area contributed by atoms with Crippen LogP contribution in [0.1, 0.15) is 16.8 Å². The summed E-state index contributed by atoms with van der Waals surface area (Å²) in [6.07, 6.45) is 0.656. The van der Waals surface area contributed by atoms with Gasteiger partial charge in [-0.3, -0.25) is 25.0 Å². The zero-order valence-corrected chi connectivity index (χ0v) is 14.1. The summed E-state index contributed by atoms with van der Waals surface area (Å²) >= 11 is 0. The molecule has 10 heteroatoms. The zero-order chi connectivity index (χ0) is 19.6. The molecule has 0 bridgehead atoms. The molecule has 2 N–H and O–H groups in total. The average Bonchev–Trinajstić information content (AvgIpc) is 3.11. The van der Waals surface area contributed by atoms with E-state index in [9.17, 15) is 30.1 Å². The zero-order valence-electron chi connectivity index (χ0n) is 14.1. The van der Waals surface area contributed by atoms with Crippen molar-refractivity contribution in [2.24, 2.45) is 0 Å². The molecule has 1 saturated heterocycles. The topological polar surface area (TPSA) is 139 Å². The largest absolute Gasteiger partial charge is 0.508 e. The lowest BCUT2D eigenvalue weighted by atomic mass is 10.1. The fraction of sp³-hybridized carbons (Fsp3) is 0.235. The number of rotatable bonds is 5. The molecule has 0 spiro atoms. The second-order valence-electron chi connectivity index (χ2n) is 6.18. The van der Waals surface area contributed by atoms with E-state index in [1.807, 2.05) is 0 Å². The summed E-state index contributed by atoms with van der Waals surface area (Å²) in [7, 11) is 0. The number of benzene rings is 2. The number of nitrogens with one attached hydrogen (secondary N) is 1. The third-order valence-corrected chi connectivity index (χ3v) is 4.28. The Hall–Kier alpha value is -3.69. The number of hydrogen-bond acceptors (Lipinski definition) is 7. The van der Waals surface area contributed by atoms with Gasteiger partial charge >= 0.3 is 0 Å². The summed E-state index contributed by atoms with van der Waals surface area (Å²) in [5, 5.41) is 34.5. The van der Waals surface area contributed by atoms with Crippen molar-refractivity contribution in [2.45, 2.75) is 12.5 Å². The first-order chi connectivity index (χ1) is 12.8. The van der Waals surface area contributed by atoms with Crippen LogP contribution in [0.5, 0.6) is 5.75 Å². The fourth-order valence-electron chi connectivity index (χ4n) is 2.97. The number of nitrogens with zero attached hydrogens (tertiary/aromatic N) is 3. The predicted octanol–water partition coefficient (Wildman–Crippen LogP) is 2.54. The Kier molecular flexibility index (Phi) is 4.88. The number of nitro benzene ring substituents is 2. The highest BCUT2D eigenvalue weighted by atomic mass is 16.6. The highest BCUT2D eigenvalue weighted by Crippen LogP contribution is 2.25. The first-order valence-electron chi connectivity index (χ1n) is 8.12. The molecule has 1 unspecified atom stereocenters. The van der Waals surface area contributed by atoms with E-state index in [0.29, 0.717) is 19.5 Å². The highest BCUT2D eigenvalue weighted by Gasteiger charge is 2.29. The number of likely N-dealkylation sites (tertiary alicyclic amines) is 1. The summed E-state index contributed by atoms with van der Waals surface area (Å²) in [5.74, 6) is -0.340. The number of phenols is 1. The maximum absolute atomic E-state index is 12.7. The van der Waals surface area contributed by atoms with Gasteiger partial charge in [-0.15, -0.1) is 0 Å². The molecule has 2 aromatic carbocycles. The molecular formula is C17H16N4O6. The molecule has 1 atom stereocenters. The van der Waals surface area contributed by atoms with Crippen molar-refractivity contribution in [3.8, 4) is 5.75 Å². The summed E-state index contributed by atoms with van der Waals surface area (Å²) in [6.45, 7) is 0.779. The van der Waals surface area contributed by atoms with Gasteiger partial charge in [-0.1, -0.05) is 0 Å². The van der Waals surface area contributed by atoms with Gasteiger partial charge in [-0.25, -0.2) is 0 Å². The molecule has 3 rings (SSSR count). The quantitative estimate of drug-likeness (QED) is 0.467. The van der Waals surface area contributed by atoms with Crippen molar-refractivity contribution in [3.05, 3.63) is 68.3 Å². The van der Waals surface area contributed by atoms with Crippen LogP contribution in [-0.2, 0) is 0 Å². The summed E-state index contributed by atoms with van der Waals surface area (Å²) < 4.78 is 0. The van der Waals surface area contributed by atoms with Gasteiger partial charge in [-0.2, -0.15) is 0 Å². The van der Waals surface area contributed by atoms with E-state index >= 15 is 0 Å². The minimum atomic E-state index is -0.761. The summed E-state index contributed by atoms with van der Waals surface area (Å²) in [6, 6.07) is 9.41. The lowest BCUT2D eigenvalue weighted by Crippen LogP contribution is -2.31. The first-order valence-corrected chi connectivity index (χ1v) is 8.12. The number of hydrogen-bond donors (Lipinski definition) is 2. The number of carbonyl (C=O) groups excluding carboxylic acids is 1. The van der Waals surface area contributed by atoms with Crippen LogP contribution in [0.15, 0.2) is 42.5 Å². The lowest BCUT2D eigenvalue weighted by molar-refractivity contribution is -0.394. The van der Waals surface area contributed by atoms with Gasteiger partial charge in [0.25, 0.3) is 17.3 Å². The number of amides is 1. The Labute approximate surface area is 153 Å². The van der Waals surface area contributed by atoms with Gasteiger partial charge < -0.3 is 15.3 Å². The van der Waals surface area contributed by atoms with Crippen LogP contribution in [0.4, 0.5) is 17.1 Å². The highest BCUT2D eigenvalue weighted by molar-refractivity contribution is 5.95. The van der Waals surface area contributed by atoms with Gasteiger partial charge in [0.2, 0.25) is 0 Å². The van der Waals surface area contributed by atoms with Gasteiger partial charge in [0.15, 0.2) is 0 Å². The molecule has 140 valence electrons. The number of carbonyl (C=O) groups is 1. The van der Waals surface area contributed by atoms with Crippen LogP contribution in [-0.4, -0.2) is 44.9 Å². The van der Waals surface area contributed by atoms with Gasteiger partial charge in [0, 0.05) is 37.0 Å². The van der Waals surface area contributed by atoms with Crippen molar-refractivity contribution in [2.75, 3.05) is 18.4 Å². The van der Waals surface area contributed by atoms with Crippen LogP contribution in [0.25, 0.3) is 0 Å². The van der Waals surface area contributed by atoms with E-state index in [1.54, 1.807) is 24.3 Å². The number of anilines is 1. The first kappa shape index (κ1) is 18.1. The molecular weight excluding hydrogens is 356 g/mol. The number of non-ortho nitro benzene ring substituents is 2. The SMILES string of the molecule is O=C(c1cc([N+](=O)[O-])cc([N+](=O)[O-])c1)N1CCC(Nc2ccc(O)cc2)C1. The van der Waals surface area contributed by atoms with Gasteiger partial charge in [0.05, 0.1) is 21.5 Å². The van der Waals surface area contributed by atoms with E-state index < -0.39 is 27.1 Å². The fourth-order valence-corrected chi connectivity index (χ4v) is 2.97. The predicted molar refractivity (Wildman–Crippen MR) is 95.8 cm³/mol. The molecule has 10 nitrogen and oxygen atoms in total. The van der Waals surface area contributed by atoms with E-state index in [1.165, 1.54) is 4.90 Å². The third kappa shape index (κ3) is 4.11. The van der Waals surface area contributed by atoms with E-state index in [0.717, 1.165) is 23.9 Å². The monoisotopic (exact) mass is 372 g/mol. The smallest absolute Gasteiger partial charge is 0.277 e. The van der Waals surface area contributed by atoms with Crippen molar-refractivity contribution in [1.82, 2.24) is 4.90 Å². The van der Waals surface area contributed by atoms with Crippen molar-refractivity contribution in [1.29, 1.82) is 0 Å². The van der Waals surface area contributed by atoms with Crippen LogP contribution in [0, 0.1) is 20.2 Å². The van der Waals surface area contributed by atoms with E-state index in [-0.39, 0.29) is 17.4 Å². The molecule has 1 heterocycles. The molecule has 0 aliphatic carbocycles. The van der Waals surface area contributed by atoms with Crippen LogP contribution < -0.4 is 5.32 Å². The second-order valence-corrected chi connectivity index (χ2v) is 6.18. The normalized spacial score (nSPS) is 16.1. The van der Waals surface area contributed by atoms with Gasteiger partial charge in [0.1, 0.15) is 5.75 Å². The number of phenolic OH excluding ortho intramolecular Hbond substituents is 1. The standard InChI is InChI=1S/C17H16N4O6/c22-16-3-1-12(2-4-16)18-13-5-6-19(10-13)17(23)11-7-14(20(24)25)9-15(8-11)21(26)27/h1-4,7-9,13,18,22H,5-6,10H2. The van der Waals surface area contributed by atoms with Crippen molar-refractivity contribution in [3.63, 3.8) is 0 Å². The van der Waals surface area contributed by atoms with Crippen LogP contribution in [0.2, 0.25) is 0 Å². The Morgan fingerprint density at radius 1 is 1.07 bits per heavy atom. The molecule has 0 aromatic heterocycles. The Balaban J connectivity index is 1.74. The van der Waals surface area contributed by atoms with Crippen molar-refractivity contribution >= 4 is 23.0 Å². The molecule has 0 radical (unpaired) electrons. The minimum Gasteiger partial charge on any atom is -0.508 e. The molecule has 1 amide bonds. The van der Waals surface area contributed by atoms with E-state index in [2.05, 4.69) is 5.32 Å². The maximum atomic E-state index is 12.7. The molecule has 1 aliphatic rings. The van der Waals surface area contributed by atoms with Crippen LogP contribution in [0.3, 0.4) is 0 Å². The molecule has 0 saturated carbocycles. The average molecular weight is 372 g/mol. The van der Waals surface area contributed by atoms with E-state index in [4.69, 9.17) is 0 Å². The lowest BCUT2D eigenvalue weighted by Gasteiger charge is -2.18. The molecule has 27 heavy (non-hydrogen) atoms. The summed E-state index contributed by atoms with van der Waals surface area (Å²) in [4.78, 5) is 34.6. The Morgan fingerprint density at radius 2 is 1.67 bits per heavy atom. The second kappa shape index (κ2) is 7.28. The molecule has 2 aromatic rings. The Bertz CT molecular complexity index is 867. The molecule has 1 fully saturated rings. The number of aromatic hydroxyl groups is 1. The third-order valence-electron chi connectivity index (χ3n) is 4.28. The molecule has 1 aliphatic heterocycles. The van der Waals surface area contributed by atoms with Gasteiger partial charge in [-0.05, 0) is 30.7 Å².